The summed E-state index contributed by atoms with van der Waals surface area (Å²) in [5, 5.41) is 0. The fourth-order valence-electron chi connectivity index (χ4n) is 0.843. The lowest BCUT2D eigenvalue weighted by Crippen LogP contribution is -1.95. The van der Waals surface area contributed by atoms with Gasteiger partial charge in [-0.15, -0.1) is 0 Å². The van der Waals surface area contributed by atoms with Gasteiger partial charge in [0.05, 0.1) is 6.10 Å². The molecule has 1 aliphatic rings. The van der Waals surface area contributed by atoms with E-state index in [0.29, 0.717) is 11.9 Å². The van der Waals surface area contributed by atoms with Crippen molar-refractivity contribution in [1.82, 2.24) is 0 Å². The predicted octanol–water partition coefficient (Wildman–Crippen LogP) is 2.17. The van der Waals surface area contributed by atoms with Gasteiger partial charge >= 0.3 is 0 Å². The normalized spacial score (nSPS) is 16.5. The Morgan fingerprint density at radius 2 is 2.27 bits per heavy atom. The predicted molar refractivity (Wildman–Crippen MR) is 38.9 cm³/mol. The molecule has 0 amide bonds. The van der Waals surface area contributed by atoms with Gasteiger partial charge in [0.1, 0.15) is 11.6 Å². The topological polar surface area (TPSA) is 9.23 Å². The van der Waals surface area contributed by atoms with Crippen molar-refractivity contribution in [3.8, 4) is 5.75 Å². The van der Waals surface area contributed by atoms with Crippen LogP contribution < -0.4 is 4.74 Å². The van der Waals surface area contributed by atoms with E-state index in [9.17, 15) is 4.39 Å². The third-order valence-electron chi connectivity index (χ3n) is 1.57. The Morgan fingerprint density at radius 3 is 2.82 bits per heavy atom. The standard InChI is InChI=1S/C9H8FO/c10-7-1-3-8(4-2-7)11-9-5-6-9/h1,3-4,9H,5-6H2. The number of rotatable bonds is 2. The third-order valence-corrected chi connectivity index (χ3v) is 1.57. The molecule has 0 bridgehead atoms. The van der Waals surface area contributed by atoms with Crippen LogP contribution in [0, 0.1) is 11.9 Å². The maximum absolute atomic E-state index is 12.3. The van der Waals surface area contributed by atoms with Gasteiger partial charge in [-0.1, -0.05) is 0 Å². The van der Waals surface area contributed by atoms with E-state index in [1.807, 2.05) is 0 Å². The fourth-order valence-corrected chi connectivity index (χ4v) is 0.843. The molecule has 1 saturated carbocycles. The molecule has 1 aromatic rings. The molecule has 0 spiro atoms. The van der Waals surface area contributed by atoms with E-state index in [2.05, 4.69) is 6.07 Å². The summed E-state index contributed by atoms with van der Waals surface area (Å²) >= 11 is 0. The summed E-state index contributed by atoms with van der Waals surface area (Å²) in [6.07, 6.45) is 2.61. The van der Waals surface area contributed by atoms with Gasteiger partial charge in [0.15, 0.2) is 0 Å². The minimum atomic E-state index is -0.340. The molecule has 57 valence electrons. The lowest BCUT2D eigenvalue weighted by Gasteiger charge is -2.01. The van der Waals surface area contributed by atoms with Crippen LogP contribution in [0.1, 0.15) is 12.8 Å². The Kier molecular flexibility index (Phi) is 1.53. The quantitative estimate of drug-likeness (QED) is 0.629. The largest absolute Gasteiger partial charge is 0.490 e. The van der Waals surface area contributed by atoms with E-state index in [4.69, 9.17) is 4.74 Å². The van der Waals surface area contributed by atoms with E-state index in [1.54, 1.807) is 6.07 Å². The van der Waals surface area contributed by atoms with Gasteiger partial charge in [-0.05, 0) is 31.0 Å². The maximum Gasteiger partial charge on any atom is 0.131 e. The van der Waals surface area contributed by atoms with Crippen LogP contribution in [0.4, 0.5) is 4.39 Å². The second-order valence-corrected chi connectivity index (χ2v) is 2.69. The molecule has 1 aliphatic carbocycles. The molecule has 0 saturated heterocycles. The molecule has 1 nitrogen and oxygen atoms in total. The first-order valence-corrected chi connectivity index (χ1v) is 3.68. The average Bonchev–Trinajstić information content (AvgIpc) is 2.78. The molecule has 0 aliphatic heterocycles. The van der Waals surface area contributed by atoms with E-state index < -0.39 is 0 Å². The van der Waals surface area contributed by atoms with Gasteiger partial charge in [0.25, 0.3) is 0 Å². The van der Waals surface area contributed by atoms with Gasteiger partial charge in [0.2, 0.25) is 0 Å². The molecule has 2 heteroatoms. The molecular formula is C9H8FO. The first-order valence-electron chi connectivity index (χ1n) is 3.68. The SMILES string of the molecule is Fc1[c]cc(OC2CC2)cc1. The van der Waals surface area contributed by atoms with Gasteiger partial charge in [0, 0.05) is 6.07 Å². The Bertz CT molecular complexity index is 238. The highest BCUT2D eigenvalue weighted by molar-refractivity contribution is 5.21. The second kappa shape index (κ2) is 2.53. The van der Waals surface area contributed by atoms with Crippen LogP contribution in [0.15, 0.2) is 18.2 Å². The van der Waals surface area contributed by atoms with Crippen molar-refractivity contribution in [3.63, 3.8) is 0 Å². The molecular weight excluding hydrogens is 143 g/mol. The van der Waals surface area contributed by atoms with Crippen LogP contribution >= 0.6 is 0 Å². The minimum absolute atomic E-state index is 0.340. The highest BCUT2D eigenvalue weighted by Crippen LogP contribution is 2.26. The van der Waals surface area contributed by atoms with Crippen molar-refractivity contribution in [2.75, 3.05) is 0 Å². The lowest BCUT2D eigenvalue weighted by molar-refractivity contribution is 0.302. The molecule has 0 heterocycles. The molecule has 1 fully saturated rings. The Balaban J connectivity index is 2.06. The molecule has 11 heavy (non-hydrogen) atoms. The van der Waals surface area contributed by atoms with Crippen LogP contribution in [0.5, 0.6) is 5.75 Å². The number of ether oxygens (including phenoxy) is 1. The van der Waals surface area contributed by atoms with Crippen molar-refractivity contribution in [2.45, 2.75) is 18.9 Å². The van der Waals surface area contributed by atoms with Crippen molar-refractivity contribution >= 4 is 0 Å². The van der Waals surface area contributed by atoms with Gasteiger partial charge in [-0.25, -0.2) is 4.39 Å². The molecule has 0 atom stereocenters. The maximum atomic E-state index is 12.3. The summed E-state index contributed by atoms with van der Waals surface area (Å²) < 4.78 is 17.7. The zero-order valence-corrected chi connectivity index (χ0v) is 6.01. The van der Waals surface area contributed by atoms with Crippen molar-refractivity contribution in [3.05, 3.63) is 30.1 Å². The molecule has 1 radical (unpaired) electrons. The highest BCUT2D eigenvalue weighted by atomic mass is 19.1. The van der Waals surface area contributed by atoms with E-state index in [0.717, 1.165) is 12.8 Å². The van der Waals surface area contributed by atoms with Crippen molar-refractivity contribution in [2.24, 2.45) is 0 Å². The number of hydrogen-bond acceptors (Lipinski definition) is 1. The molecule has 0 N–H and O–H groups in total. The van der Waals surface area contributed by atoms with Crippen LogP contribution in [-0.2, 0) is 0 Å². The first kappa shape index (κ1) is 6.65. The fraction of sp³-hybridized carbons (Fsp3) is 0.333. The summed E-state index contributed by atoms with van der Waals surface area (Å²) in [4.78, 5) is 0. The summed E-state index contributed by atoms with van der Waals surface area (Å²) in [6.45, 7) is 0. The summed E-state index contributed by atoms with van der Waals surface area (Å²) in [5.74, 6) is 0.377. The van der Waals surface area contributed by atoms with Crippen LogP contribution in [0.2, 0.25) is 0 Å². The summed E-state index contributed by atoms with van der Waals surface area (Å²) in [7, 11) is 0. The molecule has 0 unspecified atom stereocenters. The zero-order valence-electron chi connectivity index (χ0n) is 6.01. The Morgan fingerprint density at radius 1 is 1.45 bits per heavy atom. The van der Waals surface area contributed by atoms with Crippen LogP contribution in [-0.4, -0.2) is 6.10 Å². The molecule has 0 aromatic heterocycles. The summed E-state index contributed by atoms with van der Waals surface area (Å²) in [6, 6.07) is 6.96. The van der Waals surface area contributed by atoms with E-state index >= 15 is 0 Å². The minimum Gasteiger partial charge on any atom is -0.490 e. The van der Waals surface area contributed by atoms with E-state index in [1.165, 1.54) is 12.1 Å². The Labute approximate surface area is 64.8 Å². The van der Waals surface area contributed by atoms with Crippen molar-refractivity contribution < 1.29 is 9.13 Å². The van der Waals surface area contributed by atoms with Gasteiger partial charge < -0.3 is 4.74 Å². The monoisotopic (exact) mass is 151 g/mol. The highest BCUT2D eigenvalue weighted by Gasteiger charge is 2.23. The van der Waals surface area contributed by atoms with Crippen LogP contribution in [0.25, 0.3) is 0 Å². The van der Waals surface area contributed by atoms with Gasteiger partial charge in [-0.3, -0.25) is 0 Å². The molecule has 1 aromatic carbocycles. The van der Waals surface area contributed by atoms with Crippen LogP contribution in [0.3, 0.4) is 0 Å². The second-order valence-electron chi connectivity index (χ2n) is 2.69. The Hall–Kier alpha value is -1.05. The lowest BCUT2D eigenvalue weighted by atomic mass is 10.3. The molecule has 2 rings (SSSR count). The van der Waals surface area contributed by atoms with Gasteiger partial charge in [-0.2, -0.15) is 0 Å². The summed E-state index contributed by atoms with van der Waals surface area (Å²) in [5.41, 5.74) is 0. The number of benzene rings is 1. The average molecular weight is 151 g/mol. The zero-order chi connectivity index (χ0) is 7.68. The smallest absolute Gasteiger partial charge is 0.131 e. The first-order chi connectivity index (χ1) is 5.34. The number of hydrogen-bond donors (Lipinski definition) is 0. The van der Waals surface area contributed by atoms with E-state index in [-0.39, 0.29) is 5.82 Å². The number of halogens is 1. The third kappa shape index (κ3) is 1.70. The van der Waals surface area contributed by atoms with Crippen molar-refractivity contribution in [1.29, 1.82) is 0 Å².